The van der Waals surface area contributed by atoms with E-state index in [2.05, 4.69) is 10.3 Å². The van der Waals surface area contributed by atoms with Gasteiger partial charge in [0.1, 0.15) is 12.3 Å². The molecule has 2 N–H and O–H groups in total. The molecule has 3 rings (SSSR count). The number of carbonyl (C=O) groups excluding carboxylic acids is 1. The van der Waals surface area contributed by atoms with Gasteiger partial charge in [0.15, 0.2) is 0 Å². The van der Waals surface area contributed by atoms with Crippen molar-refractivity contribution in [2.24, 2.45) is 0 Å². The highest BCUT2D eigenvalue weighted by molar-refractivity contribution is 6.33. The van der Waals surface area contributed by atoms with Crippen LogP contribution in [0.2, 0.25) is 5.02 Å². The second kappa shape index (κ2) is 10.1. The molecule has 0 saturated carbocycles. The third kappa shape index (κ3) is 6.21. The van der Waals surface area contributed by atoms with Crippen molar-refractivity contribution in [1.82, 2.24) is 9.55 Å². The minimum Gasteiger partial charge on any atom is -0.460 e. The number of hydrogen-bond acceptors (Lipinski definition) is 5. The molecule has 0 saturated heterocycles. The van der Waals surface area contributed by atoms with E-state index in [0.29, 0.717) is 28.9 Å². The highest BCUT2D eigenvalue weighted by atomic mass is 35.5. The average molecular weight is 463 g/mol. The number of para-hydroxylation sites is 1. The summed E-state index contributed by atoms with van der Waals surface area (Å²) in [6.45, 7) is 0.580. The molecule has 0 unspecified atom stereocenters. The highest BCUT2D eigenvalue weighted by Gasteiger charge is 2.33. The van der Waals surface area contributed by atoms with E-state index < -0.39 is 17.9 Å². The van der Waals surface area contributed by atoms with Gasteiger partial charge in [-0.2, -0.15) is 13.2 Å². The second-order valence-electron chi connectivity index (χ2n) is 6.59. The van der Waals surface area contributed by atoms with Crippen LogP contribution in [0.3, 0.4) is 0 Å². The van der Waals surface area contributed by atoms with Crippen LogP contribution >= 0.6 is 11.6 Å². The molecule has 32 heavy (non-hydrogen) atoms. The van der Waals surface area contributed by atoms with Crippen molar-refractivity contribution in [3.05, 3.63) is 89.5 Å². The predicted molar refractivity (Wildman–Crippen MR) is 116 cm³/mol. The molecule has 1 aromatic heterocycles. The van der Waals surface area contributed by atoms with Crippen LogP contribution in [0.25, 0.3) is 5.70 Å². The summed E-state index contributed by atoms with van der Waals surface area (Å²) < 4.78 is 45.8. The van der Waals surface area contributed by atoms with Gasteiger partial charge in [0.25, 0.3) is 0 Å². The molecule has 0 aliphatic heterocycles. The number of imidazole rings is 1. The summed E-state index contributed by atoms with van der Waals surface area (Å²) in [5.74, 6) is -0.565. The van der Waals surface area contributed by atoms with E-state index >= 15 is 0 Å². The van der Waals surface area contributed by atoms with Gasteiger partial charge in [-0.1, -0.05) is 35.9 Å². The van der Waals surface area contributed by atoms with Gasteiger partial charge < -0.3 is 14.6 Å². The van der Waals surface area contributed by atoms with Crippen LogP contribution in [-0.2, 0) is 11.3 Å². The molecule has 0 radical (unpaired) electrons. The Morgan fingerprint density at radius 1 is 1.16 bits per heavy atom. The molecule has 0 atom stereocenters. The highest BCUT2D eigenvalue weighted by Crippen LogP contribution is 2.27. The van der Waals surface area contributed by atoms with Crippen molar-refractivity contribution < 1.29 is 22.7 Å². The zero-order valence-electron chi connectivity index (χ0n) is 16.6. The van der Waals surface area contributed by atoms with Gasteiger partial charge in [0.05, 0.1) is 29.1 Å². The number of benzene rings is 2. The predicted octanol–water partition coefficient (Wildman–Crippen LogP) is 5.43. The third-order valence-corrected chi connectivity index (χ3v) is 4.64. The number of esters is 1. The van der Waals surface area contributed by atoms with Gasteiger partial charge in [0, 0.05) is 18.1 Å². The standard InChI is InChI=1S/C22H18ClF3N4O2/c23-17-3-1-2-4-18(17)29-19(13-20(27)22(24,25)26)15-5-7-16(8-6-15)21(31)32-12-11-30-10-9-28-14-30/h1-10,13-14,27,29H,11-12H2/b19-13-,27-20?. The minimum atomic E-state index is -4.81. The number of halogens is 4. The molecule has 2 aromatic carbocycles. The van der Waals surface area contributed by atoms with Gasteiger partial charge in [-0.25, -0.2) is 9.78 Å². The van der Waals surface area contributed by atoms with E-state index in [4.69, 9.17) is 21.7 Å². The number of nitrogens with zero attached hydrogens (tertiary/aromatic N) is 2. The molecular weight excluding hydrogens is 445 g/mol. The molecule has 0 amide bonds. The van der Waals surface area contributed by atoms with Gasteiger partial charge in [-0.05, 0) is 35.9 Å². The number of rotatable bonds is 8. The summed E-state index contributed by atoms with van der Waals surface area (Å²) in [6, 6.07) is 12.3. The summed E-state index contributed by atoms with van der Waals surface area (Å²) in [4.78, 5) is 16.1. The van der Waals surface area contributed by atoms with Crippen LogP contribution in [0, 0.1) is 5.41 Å². The molecule has 6 nitrogen and oxygen atoms in total. The fourth-order valence-electron chi connectivity index (χ4n) is 2.66. The van der Waals surface area contributed by atoms with E-state index in [0.717, 1.165) is 0 Å². The van der Waals surface area contributed by atoms with Crippen molar-refractivity contribution in [3.63, 3.8) is 0 Å². The molecule has 0 fully saturated rings. The summed E-state index contributed by atoms with van der Waals surface area (Å²) in [7, 11) is 0. The number of nitrogens with one attached hydrogen (secondary N) is 2. The van der Waals surface area contributed by atoms with Crippen molar-refractivity contribution in [2.75, 3.05) is 11.9 Å². The molecule has 1 heterocycles. The normalized spacial score (nSPS) is 11.8. The van der Waals surface area contributed by atoms with Crippen molar-refractivity contribution in [1.29, 1.82) is 5.41 Å². The molecule has 166 valence electrons. The fourth-order valence-corrected chi connectivity index (χ4v) is 2.84. The quantitative estimate of drug-likeness (QED) is 0.345. The maximum Gasteiger partial charge on any atom is 0.432 e. The Labute approximate surface area is 186 Å². The van der Waals surface area contributed by atoms with E-state index in [1.54, 1.807) is 47.6 Å². The second-order valence-corrected chi connectivity index (χ2v) is 7.00. The lowest BCUT2D eigenvalue weighted by molar-refractivity contribution is -0.0583. The Balaban J connectivity index is 1.77. The van der Waals surface area contributed by atoms with Crippen LogP contribution in [0.1, 0.15) is 15.9 Å². The first-order valence-electron chi connectivity index (χ1n) is 9.36. The summed E-state index contributed by atoms with van der Waals surface area (Å²) in [5, 5.41) is 10.5. The lowest BCUT2D eigenvalue weighted by Crippen LogP contribution is -2.20. The average Bonchev–Trinajstić information content (AvgIpc) is 3.27. The zero-order valence-corrected chi connectivity index (χ0v) is 17.3. The lowest BCUT2D eigenvalue weighted by atomic mass is 10.1. The fraction of sp³-hybridized carbons (Fsp3) is 0.136. The number of anilines is 1. The molecule has 3 aromatic rings. The smallest absolute Gasteiger partial charge is 0.432 e. The van der Waals surface area contributed by atoms with Crippen molar-refractivity contribution in [2.45, 2.75) is 12.7 Å². The maximum atomic E-state index is 12.9. The molecule has 0 spiro atoms. The summed E-state index contributed by atoms with van der Waals surface area (Å²) in [5.41, 5.74) is -0.592. The number of aromatic nitrogens is 2. The Morgan fingerprint density at radius 2 is 1.84 bits per heavy atom. The maximum absolute atomic E-state index is 12.9. The van der Waals surface area contributed by atoms with Gasteiger partial charge >= 0.3 is 12.1 Å². The minimum absolute atomic E-state index is 0.000417. The number of hydrogen-bond donors (Lipinski definition) is 2. The first-order valence-corrected chi connectivity index (χ1v) is 9.74. The third-order valence-electron chi connectivity index (χ3n) is 4.31. The van der Waals surface area contributed by atoms with Crippen LogP contribution in [0.5, 0.6) is 0 Å². The van der Waals surface area contributed by atoms with Gasteiger partial charge in [-0.15, -0.1) is 0 Å². The Morgan fingerprint density at radius 3 is 2.47 bits per heavy atom. The largest absolute Gasteiger partial charge is 0.460 e. The van der Waals surface area contributed by atoms with E-state index in [1.165, 1.54) is 24.3 Å². The molecular formula is C22H18ClF3N4O2. The van der Waals surface area contributed by atoms with Crippen LogP contribution in [0.15, 0.2) is 73.3 Å². The molecule has 0 aliphatic rings. The van der Waals surface area contributed by atoms with Gasteiger partial charge in [-0.3, -0.25) is 5.41 Å². The zero-order chi connectivity index (χ0) is 23.1. The van der Waals surface area contributed by atoms with E-state index in [9.17, 15) is 18.0 Å². The summed E-state index contributed by atoms with van der Waals surface area (Å²) >= 11 is 6.10. The SMILES string of the molecule is N=C(/C=C(\Nc1ccccc1Cl)c1ccc(C(=O)OCCn2ccnc2)cc1)C(F)(F)F. The van der Waals surface area contributed by atoms with Crippen molar-refractivity contribution >= 4 is 34.7 Å². The van der Waals surface area contributed by atoms with Crippen molar-refractivity contribution in [3.8, 4) is 0 Å². The first kappa shape index (κ1) is 23.1. The van der Waals surface area contributed by atoms with Crippen LogP contribution in [-0.4, -0.2) is 34.0 Å². The van der Waals surface area contributed by atoms with E-state index in [-0.39, 0.29) is 17.9 Å². The number of carbonyl (C=O) groups is 1. The molecule has 10 heteroatoms. The lowest BCUT2D eigenvalue weighted by Gasteiger charge is -2.15. The monoisotopic (exact) mass is 462 g/mol. The number of alkyl halides is 3. The van der Waals surface area contributed by atoms with Crippen LogP contribution < -0.4 is 5.32 Å². The summed E-state index contributed by atoms with van der Waals surface area (Å²) in [6.07, 6.45) is 0.803. The Bertz CT molecular complexity index is 1110. The number of ether oxygens (including phenoxy) is 1. The molecule has 0 bridgehead atoms. The molecule has 0 aliphatic carbocycles. The Kier molecular flexibility index (Phi) is 7.32. The Hall–Kier alpha value is -3.59. The van der Waals surface area contributed by atoms with E-state index in [1.807, 2.05) is 0 Å². The van der Waals surface area contributed by atoms with Gasteiger partial charge in [0.2, 0.25) is 0 Å². The number of allylic oxidation sites excluding steroid dienone is 1. The topological polar surface area (TPSA) is 80.0 Å². The van der Waals surface area contributed by atoms with Crippen LogP contribution in [0.4, 0.5) is 18.9 Å². The first-order chi connectivity index (χ1) is 15.2.